The van der Waals surface area contributed by atoms with E-state index < -0.39 is 0 Å². The summed E-state index contributed by atoms with van der Waals surface area (Å²) in [6.45, 7) is 4.66. The number of nitrogens with zero attached hydrogens (tertiary/aromatic N) is 1. The van der Waals surface area contributed by atoms with E-state index in [-0.39, 0.29) is 11.3 Å². The number of carbonyl (C=O) groups is 1. The first-order valence-corrected chi connectivity index (χ1v) is 6.32. The summed E-state index contributed by atoms with van der Waals surface area (Å²) in [5.41, 5.74) is 7.52. The van der Waals surface area contributed by atoms with E-state index in [0.29, 0.717) is 0 Å². The fourth-order valence-corrected chi connectivity index (χ4v) is 2.63. The van der Waals surface area contributed by atoms with Crippen LogP contribution >= 0.6 is 0 Å². The zero-order valence-corrected chi connectivity index (χ0v) is 11.1. The number of nitrogens with two attached hydrogens (primary N) is 1. The Kier molecular flexibility index (Phi) is 3.57. The summed E-state index contributed by atoms with van der Waals surface area (Å²) in [5.74, 6) is 0.137. The van der Waals surface area contributed by atoms with Gasteiger partial charge in [0, 0.05) is 25.8 Å². The van der Waals surface area contributed by atoms with E-state index in [9.17, 15) is 4.79 Å². The molecule has 1 unspecified atom stereocenters. The van der Waals surface area contributed by atoms with Crippen LogP contribution in [0.4, 0.5) is 5.69 Å². The zero-order valence-electron chi connectivity index (χ0n) is 11.1. The van der Waals surface area contributed by atoms with Crippen LogP contribution in [-0.4, -0.2) is 30.9 Å². The Hall–Kier alpha value is -1.55. The number of benzene rings is 1. The van der Waals surface area contributed by atoms with Crippen LogP contribution in [-0.2, 0) is 11.3 Å². The fourth-order valence-electron chi connectivity index (χ4n) is 2.63. The molecule has 1 heterocycles. The molecule has 1 atom stereocenters. The van der Waals surface area contributed by atoms with Crippen molar-refractivity contribution >= 4 is 11.6 Å². The van der Waals surface area contributed by atoms with Crippen LogP contribution in [0.15, 0.2) is 24.3 Å². The lowest BCUT2D eigenvalue weighted by molar-refractivity contribution is -0.129. The van der Waals surface area contributed by atoms with Gasteiger partial charge in [0.15, 0.2) is 0 Å². The van der Waals surface area contributed by atoms with Crippen molar-refractivity contribution in [2.75, 3.05) is 25.9 Å². The Morgan fingerprint density at radius 3 is 3.00 bits per heavy atom. The molecular formula is C14H21N3O. The molecule has 4 heteroatoms. The number of nitrogen functional groups attached to an aromatic ring is 1. The number of amides is 1. The van der Waals surface area contributed by atoms with Crippen molar-refractivity contribution in [2.45, 2.75) is 19.9 Å². The molecule has 0 spiro atoms. The SMILES string of the molecule is CNC(=O)C1(C)CCN(Cc2cccc(N)c2)C1. The Morgan fingerprint density at radius 1 is 1.56 bits per heavy atom. The summed E-state index contributed by atoms with van der Waals surface area (Å²) >= 11 is 0. The van der Waals surface area contributed by atoms with Gasteiger partial charge in [-0.1, -0.05) is 12.1 Å². The molecule has 2 rings (SSSR count). The Balaban J connectivity index is 2.00. The molecule has 1 aromatic rings. The summed E-state index contributed by atoms with van der Waals surface area (Å²) in [4.78, 5) is 14.1. The van der Waals surface area contributed by atoms with Crippen LogP contribution in [0.25, 0.3) is 0 Å². The minimum absolute atomic E-state index is 0.137. The number of rotatable bonds is 3. The van der Waals surface area contributed by atoms with Crippen molar-refractivity contribution in [1.29, 1.82) is 0 Å². The van der Waals surface area contributed by atoms with Gasteiger partial charge in [0.2, 0.25) is 5.91 Å². The van der Waals surface area contributed by atoms with Crippen LogP contribution in [0.1, 0.15) is 18.9 Å². The van der Waals surface area contributed by atoms with Crippen molar-refractivity contribution in [1.82, 2.24) is 10.2 Å². The third-order valence-corrected chi connectivity index (χ3v) is 3.68. The van der Waals surface area contributed by atoms with Gasteiger partial charge in [-0.05, 0) is 37.6 Å². The predicted molar refractivity (Wildman–Crippen MR) is 72.9 cm³/mol. The van der Waals surface area contributed by atoms with Gasteiger partial charge in [-0.3, -0.25) is 9.69 Å². The first-order valence-electron chi connectivity index (χ1n) is 6.32. The Labute approximate surface area is 108 Å². The maximum atomic E-state index is 11.8. The van der Waals surface area contributed by atoms with E-state index in [4.69, 9.17) is 5.73 Å². The van der Waals surface area contributed by atoms with Gasteiger partial charge in [-0.25, -0.2) is 0 Å². The van der Waals surface area contributed by atoms with Gasteiger partial charge in [-0.2, -0.15) is 0 Å². The Morgan fingerprint density at radius 2 is 2.33 bits per heavy atom. The fraction of sp³-hybridized carbons (Fsp3) is 0.500. The molecule has 3 N–H and O–H groups in total. The molecule has 1 amide bonds. The molecule has 0 aromatic heterocycles. The molecule has 18 heavy (non-hydrogen) atoms. The average molecular weight is 247 g/mol. The largest absolute Gasteiger partial charge is 0.399 e. The number of nitrogens with one attached hydrogen (secondary N) is 1. The third kappa shape index (κ3) is 2.64. The van der Waals surface area contributed by atoms with Crippen LogP contribution in [0.2, 0.25) is 0 Å². The summed E-state index contributed by atoms with van der Waals surface area (Å²) < 4.78 is 0. The minimum Gasteiger partial charge on any atom is -0.399 e. The monoisotopic (exact) mass is 247 g/mol. The number of carbonyl (C=O) groups excluding carboxylic acids is 1. The normalized spacial score (nSPS) is 24.1. The predicted octanol–water partition coefficient (Wildman–Crippen LogP) is 1.23. The van der Waals surface area contributed by atoms with E-state index in [1.807, 2.05) is 25.1 Å². The first kappa shape index (κ1) is 12.9. The summed E-state index contributed by atoms with van der Waals surface area (Å²) in [5, 5.41) is 2.76. The highest BCUT2D eigenvalue weighted by Crippen LogP contribution is 2.31. The molecule has 98 valence electrons. The van der Waals surface area contributed by atoms with E-state index in [2.05, 4.69) is 16.3 Å². The lowest BCUT2D eigenvalue weighted by atomic mass is 9.89. The number of hydrogen-bond acceptors (Lipinski definition) is 3. The number of hydrogen-bond donors (Lipinski definition) is 2. The van der Waals surface area contributed by atoms with E-state index in [0.717, 1.165) is 31.7 Å². The highest BCUT2D eigenvalue weighted by Gasteiger charge is 2.39. The second-order valence-electron chi connectivity index (χ2n) is 5.35. The van der Waals surface area contributed by atoms with E-state index in [1.165, 1.54) is 5.56 Å². The average Bonchev–Trinajstić information content (AvgIpc) is 2.71. The van der Waals surface area contributed by atoms with Crippen molar-refractivity contribution in [3.05, 3.63) is 29.8 Å². The quantitative estimate of drug-likeness (QED) is 0.790. The molecule has 0 bridgehead atoms. The summed E-state index contributed by atoms with van der Waals surface area (Å²) in [6.07, 6.45) is 0.912. The van der Waals surface area contributed by atoms with Crippen LogP contribution < -0.4 is 11.1 Å². The third-order valence-electron chi connectivity index (χ3n) is 3.68. The topological polar surface area (TPSA) is 58.4 Å². The summed E-state index contributed by atoms with van der Waals surface area (Å²) in [7, 11) is 1.70. The van der Waals surface area contributed by atoms with Crippen LogP contribution in [0.5, 0.6) is 0 Å². The van der Waals surface area contributed by atoms with E-state index >= 15 is 0 Å². The maximum Gasteiger partial charge on any atom is 0.227 e. The summed E-state index contributed by atoms with van der Waals surface area (Å²) in [6, 6.07) is 7.93. The van der Waals surface area contributed by atoms with Gasteiger partial charge >= 0.3 is 0 Å². The van der Waals surface area contributed by atoms with Gasteiger partial charge in [0.1, 0.15) is 0 Å². The smallest absolute Gasteiger partial charge is 0.227 e. The van der Waals surface area contributed by atoms with Crippen LogP contribution in [0.3, 0.4) is 0 Å². The van der Waals surface area contributed by atoms with Gasteiger partial charge in [-0.15, -0.1) is 0 Å². The highest BCUT2D eigenvalue weighted by atomic mass is 16.2. The highest BCUT2D eigenvalue weighted by molar-refractivity contribution is 5.82. The lowest BCUT2D eigenvalue weighted by Gasteiger charge is -2.22. The van der Waals surface area contributed by atoms with Crippen molar-refractivity contribution < 1.29 is 4.79 Å². The molecule has 0 aliphatic carbocycles. The molecule has 4 nitrogen and oxygen atoms in total. The molecule has 1 aliphatic rings. The van der Waals surface area contributed by atoms with Crippen molar-refractivity contribution in [3.8, 4) is 0 Å². The Bertz CT molecular complexity index is 446. The standard InChI is InChI=1S/C14H21N3O/c1-14(13(18)16-2)6-7-17(10-14)9-11-4-3-5-12(15)8-11/h3-5,8H,6-7,9-10,15H2,1-2H3,(H,16,18). The molecule has 0 radical (unpaired) electrons. The number of anilines is 1. The van der Waals surface area contributed by atoms with Gasteiger partial charge < -0.3 is 11.1 Å². The van der Waals surface area contributed by atoms with Crippen molar-refractivity contribution in [3.63, 3.8) is 0 Å². The van der Waals surface area contributed by atoms with Gasteiger partial charge in [0.05, 0.1) is 5.41 Å². The van der Waals surface area contributed by atoms with Crippen LogP contribution in [0, 0.1) is 5.41 Å². The minimum atomic E-state index is -0.255. The van der Waals surface area contributed by atoms with E-state index in [1.54, 1.807) is 7.05 Å². The second-order valence-corrected chi connectivity index (χ2v) is 5.35. The molecule has 1 aromatic carbocycles. The molecule has 1 aliphatic heterocycles. The molecular weight excluding hydrogens is 226 g/mol. The first-order chi connectivity index (χ1) is 8.53. The lowest BCUT2D eigenvalue weighted by Crippen LogP contribution is -2.39. The molecule has 1 saturated heterocycles. The zero-order chi connectivity index (χ0) is 13.2. The maximum absolute atomic E-state index is 11.8. The second kappa shape index (κ2) is 4.98. The number of likely N-dealkylation sites (tertiary alicyclic amines) is 1. The molecule has 0 saturated carbocycles. The van der Waals surface area contributed by atoms with Crippen molar-refractivity contribution in [2.24, 2.45) is 5.41 Å². The van der Waals surface area contributed by atoms with Gasteiger partial charge in [0.25, 0.3) is 0 Å². The molecule has 1 fully saturated rings.